The van der Waals surface area contributed by atoms with Gasteiger partial charge in [0.05, 0.1) is 6.54 Å². The van der Waals surface area contributed by atoms with Crippen LogP contribution in [0.4, 0.5) is 4.79 Å². The van der Waals surface area contributed by atoms with Crippen molar-refractivity contribution in [1.82, 2.24) is 14.7 Å². The molecule has 2 rings (SSSR count). The number of carbonyl (C=O) groups is 2. The Morgan fingerprint density at radius 3 is 2.25 bits per heavy atom. The normalized spacial score (nSPS) is 10.6. The van der Waals surface area contributed by atoms with E-state index < -0.39 is 0 Å². The number of furan rings is 1. The highest BCUT2D eigenvalue weighted by molar-refractivity contribution is 5.84. The van der Waals surface area contributed by atoms with Crippen LogP contribution in [0.15, 0.2) is 46.9 Å². The summed E-state index contributed by atoms with van der Waals surface area (Å²) in [4.78, 5) is 30.3. The molecule has 1 heterocycles. The molecule has 0 saturated carbocycles. The zero-order valence-electron chi connectivity index (χ0n) is 17.4. The van der Waals surface area contributed by atoms with E-state index in [1.165, 1.54) is 10.5 Å². The first-order chi connectivity index (χ1) is 13.4. The lowest BCUT2D eigenvalue weighted by Crippen LogP contribution is -2.46. The van der Waals surface area contributed by atoms with Crippen LogP contribution in [0.5, 0.6) is 0 Å². The highest BCUT2D eigenvalue weighted by Gasteiger charge is 2.22. The van der Waals surface area contributed by atoms with Gasteiger partial charge < -0.3 is 19.1 Å². The van der Waals surface area contributed by atoms with Crippen LogP contribution in [0.25, 0.3) is 0 Å². The molecule has 1 aromatic carbocycles. The van der Waals surface area contributed by atoms with Crippen LogP contribution >= 0.6 is 0 Å². The second kappa shape index (κ2) is 10.5. The summed E-state index contributed by atoms with van der Waals surface area (Å²) in [5, 5.41) is 0. The van der Waals surface area contributed by atoms with Crippen molar-refractivity contribution in [2.45, 2.75) is 33.2 Å². The average molecular weight is 386 g/mol. The maximum atomic E-state index is 13.1. The van der Waals surface area contributed by atoms with Gasteiger partial charge in [-0.2, -0.15) is 0 Å². The fourth-order valence-corrected chi connectivity index (χ4v) is 3.02. The zero-order valence-corrected chi connectivity index (χ0v) is 17.4. The average Bonchev–Trinajstić information content (AvgIpc) is 3.09. The Labute approximate surface area is 167 Å². The highest BCUT2D eigenvalue weighted by atomic mass is 16.3. The van der Waals surface area contributed by atoms with Crippen LogP contribution in [-0.4, -0.2) is 60.4 Å². The first-order valence-corrected chi connectivity index (χ1v) is 9.74. The molecule has 6 heteroatoms. The van der Waals surface area contributed by atoms with E-state index in [4.69, 9.17) is 4.42 Å². The van der Waals surface area contributed by atoms with Crippen molar-refractivity contribution >= 4 is 11.9 Å². The number of rotatable bonds is 9. The molecule has 152 valence electrons. The molecule has 2 aromatic rings. The Kier molecular flexibility index (Phi) is 8.11. The molecule has 0 saturated heterocycles. The number of hydrogen-bond acceptors (Lipinski definition) is 3. The van der Waals surface area contributed by atoms with Crippen molar-refractivity contribution in [2.24, 2.45) is 0 Å². The molecular formula is C22H31N3O3. The van der Waals surface area contributed by atoms with Gasteiger partial charge in [0.15, 0.2) is 0 Å². The monoisotopic (exact) mass is 385 g/mol. The molecule has 0 N–H and O–H groups in total. The van der Waals surface area contributed by atoms with E-state index in [1.54, 1.807) is 23.9 Å². The van der Waals surface area contributed by atoms with Gasteiger partial charge in [-0.05, 0) is 37.5 Å². The fraction of sp³-hybridized carbons (Fsp3) is 0.455. The first kappa shape index (κ1) is 21.5. The minimum Gasteiger partial charge on any atom is -0.464 e. The second-order valence-electron chi connectivity index (χ2n) is 7.16. The standard InChI is InChI=1S/C22H31N3O3/c1-5-14-25(22(27)23(3)4)17-21(26)24(16-20-12-11-18(2)28-20)15-13-19-9-7-6-8-10-19/h6-12H,5,13-17H2,1-4H3. The van der Waals surface area contributed by atoms with Crippen LogP contribution in [-0.2, 0) is 17.8 Å². The maximum Gasteiger partial charge on any atom is 0.319 e. The Balaban J connectivity index is 2.10. The van der Waals surface area contributed by atoms with Gasteiger partial charge in [-0.15, -0.1) is 0 Å². The third-order valence-corrected chi connectivity index (χ3v) is 4.48. The van der Waals surface area contributed by atoms with E-state index in [9.17, 15) is 9.59 Å². The molecule has 0 bridgehead atoms. The smallest absolute Gasteiger partial charge is 0.319 e. The number of aryl methyl sites for hydroxylation is 1. The molecular weight excluding hydrogens is 354 g/mol. The predicted octanol–water partition coefficient (Wildman–Crippen LogP) is 3.55. The lowest BCUT2D eigenvalue weighted by molar-refractivity contribution is -0.132. The van der Waals surface area contributed by atoms with Crippen LogP contribution < -0.4 is 0 Å². The Morgan fingerprint density at radius 1 is 0.964 bits per heavy atom. The Bertz CT molecular complexity index is 755. The Hall–Kier alpha value is -2.76. The van der Waals surface area contributed by atoms with Crippen LogP contribution in [0.2, 0.25) is 0 Å². The van der Waals surface area contributed by atoms with Gasteiger partial charge in [0.2, 0.25) is 5.91 Å². The molecule has 0 atom stereocenters. The number of nitrogens with zero attached hydrogens (tertiary/aromatic N) is 3. The summed E-state index contributed by atoms with van der Waals surface area (Å²) < 4.78 is 5.67. The predicted molar refractivity (Wildman–Crippen MR) is 110 cm³/mol. The summed E-state index contributed by atoms with van der Waals surface area (Å²) in [5.41, 5.74) is 1.17. The number of hydrogen-bond donors (Lipinski definition) is 0. The van der Waals surface area contributed by atoms with Crippen LogP contribution in [0.3, 0.4) is 0 Å². The second-order valence-corrected chi connectivity index (χ2v) is 7.16. The topological polar surface area (TPSA) is 57.0 Å². The number of amides is 3. The van der Waals surface area contributed by atoms with E-state index in [0.717, 1.165) is 24.4 Å². The quantitative estimate of drug-likeness (QED) is 0.663. The minimum absolute atomic E-state index is 0.0688. The summed E-state index contributed by atoms with van der Waals surface area (Å²) in [7, 11) is 3.41. The summed E-state index contributed by atoms with van der Waals surface area (Å²) in [5.74, 6) is 1.49. The van der Waals surface area contributed by atoms with Crippen molar-refractivity contribution in [1.29, 1.82) is 0 Å². The minimum atomic E-state index is -0.146. The van der Waals surface area contributed by atoms with E-state index >= 15 is 0 Å². The van der Waals surface area contributed by atoms with Gasteiger partial charge >= 0.3 is 6.03 Å². The lowest BCUT2D eigenvalue weighted by Gasteiger charge is -2.29. The van der Waals surface area contributed by atoms with Crippen molar-refractivity contribution in [3.05, 3.63) is 59.5 Å². The number of urea groups is 1. The summed E-state index contributed by atoms with van der Waals surface area (Å²) in [6, 6.07) is 13.7. The molecule has 3 amide bonds. The van der Waals surface area contributed by atoms with Gasteiger partial charge in [-0.3, -0.25) is 4.79 Å². The Morgan fingerprint density at radius 2 is 1.68 bits per heavy atom. The molecule has 0 aliphatic rings. The maximum absolute atomic E-state index is 13.1. The highest BCUT2D eigenvalue weighted by Crippen LogP contribution is 2.12. The van der Waals surface area contributed by atoms with Gasteiger partial charge in [0, 0.05) is 27.2 Å². The van der Waals surface area contributed by atoms with Gasteiger partial charge in [-0.25, -0.2) is 4.79 Å². The third-order valence-electron chi connectivity index (χ3n) is 4.48. The number of benzene rings is 1. The molecule has 6 nitrogen and oxygen atoms in total. The third kappa shape index (κ3) is 6.44. The lowest BCUT2D eigenvalue weighted by atomic mass is 10.1. The SMILES string of the molecule is CCCN(CC(=O)N(CCc1ccccc1)Cc1ccc(C)o1)C(=O)N(C)C. The van der Waals surface area contributed by atoms with E-state index in [2.05, 4.69) is 12.1 Å². The first-order valence-electron chi connectivity index (χ1n) is 9.74. The van der Waals surface area contributed by atoms with Crippen LogP contribution in [0.1, 0.15) is 30.4 Å². The molecule has 0 fully saturated rings. The zero-order chi connectivity index (χ0) is 20.5. The van der Waals surface area contributed by atoms with E-state index in [-0.39, 0.29) is 18.5 Å². The van der Waals surface area contributed by atoms with Crippen molar-refractivity contribution in [3.63, 3.8) is 0 Å². The van der Waals surface area contributed by atoms with Gasteiger partial charge in [0.1, 0.15) is 18.1 Å². The van der Waals surface area contributed by atoms with Gasteiger partial charge in [-0.1, -0.05) is 37.3 Å². The molecule has 0 unspecified atom stereocenters. The van der Waals surface area contributed by atoms with Crippen LogP contribution in [0, 0.1) is 6.92 Å². The van der Waals surface area contributed by atoms with Gasteiger partial charge in [0.25, 0.3) is 0 Å². The number of carbonyl (C=O) groups excluding carboxylic acids is 2. The summed E-state index contributed by atoms with van der Waals surface area (Å²) >= 11 is 0. The summed E-state index contributed by atoms with van der Waals surface area (Å²) in [6.45, 7) is 5.47. The van der Waals surface area contributed by atoms with Crippen molar-refractivity contribution < 1.29 is 14.0 Å². The van der Waals surface area contributed by atoms with E-state index in [1.807, 2.05) is 44.2 Å². The molecule has 1 aromatic heterocycles. The fourth-order valence-electron chi connectivity index (χ4n) is 3.02. The largest absolute Gasteiger partial charge is 0.464 e. The molecule has 0 aliphatic heterocycles. The van der Waals surface area contributed by atoms with Crippen molar-refractivity contribution in [3.8, 4) is 0 Å². The van der Waals surface area contributed by atoms with E-state index in [0.29, 0.717) is 19.6 Å². The molecule has 0 spiro atoms. The van der Waals surface area contributed by atoms with Crippen molar-refractivity contribution in [2.75, 3.05) is 33.7 Å². The molecule has 28 heavy (non-hydrogen) atoms. The summed E-state index contributed by atoms with van der Waals surface area (Å²) in [6.07, 6.45) is 1.55. The molecule has 0 aliphatic carbocycles. The molecule has 0 radical (unpaired) electrons.